The van der Waals surface area contributed by atoms with Crippen molar-refractivity contribution in [2.75, 3.05) is 14.2 Å². The molecule has 1 saturated heterocycles. The van der Waals surface area contributed by atoms with Crippen LogP contribution in [0.4, 0.5) is 0 Å². The van der Waals surface area contributed by atoms with Gasteiger partial charge in [-0.1, -0.05) is 0 Å². The number of phenols is 2. The van der Waals surface area contributed by atoms with E-state index in [1.165, 1.54) is 26.4 Å². The summed E-state index contributed by atoms with van der Waals surface area (Å²) < 4.78 is 28.8. The fraction of sp³-hybridized carbons (Fsp3) is 0.381. The van der Waals surface area contributed by atoms with Crippen molar-refractivity contribution >= 4 is 21.9 Å². The number of aromatic hydroxyl groups is 2. The molecule has 1 fully saturated rings. The molecule has 8 heteroatoms. The molecule has 2 atom stereocenters. The average Bonchev–Trinajstić information content (AvgIpc) is 2.68. The third-order valence-electron chi connectivity index (χ3n) is 5.68. The highest BCUT2D eigenvalue weighted by Gasteiger charge is 2.45. The lowest BCUT2D eigenvalue weighted by Gasteiger charge is -2.44. The van der Waals surface area contributed by atoms with E-state index >= 15 is 0 Å². The van der Waals surface area contributed by atoms with Crippen molar-refractivity contribution in [1.29, 1.82) is 0 Å². The molecule has 0 radical (unpaired) electrons. The van der Waals surface area contributed by atoms with Crippen LogP contribution in [0.5, 0.6) is 28.7 Å². The van der Waals surface area contributed by atoms with Gasteiger partial charge < -0.3 is 33.6 Å². The zero-order valence-corrected chi connectivity index (χ0v) is 16.2. The van der Waals surface area contributed by atoms with E-state index in [2.05, 4.69) is 0 Å². The summed E-state index contributed by atoms with van der Waals surface area (Å²) in [6, 6.07) is 2.83. The van der Waals surface area contributed by atoms with E-state index in [-0.39, 0.29) is 44.9 Å². The summed E-state index contributed by atoms with van der Waals surface area (Å²) in [4.78, 5) is 13.4. The molecule has 3 heterocycles. The van der Waals surface area contributed by atoms with Crippen molar-refractivity contribution in [3.05, 3.63) is 27.9 Å². The zero-order chi connectivity index (χ0) is 20.5. The van der Waals surface area contributed by atoms with E-state index < -0.39 is 17.3 Å². The Hall–Kier alpha value is -3.13. The lowest BCUT2D eigenvalue weighted by Crippen LogP contribution is -2.43. The maximum atomic E-state index is 13.4. The molecule has 2 bridgehead atoms. The van der Waals surface area contributed by atoms with Gasteiger partial charge in [-0.3, -0.25) is 4.79 Å². The van der Waals surface area contributed by atoms with Gasteiger partial charge in [0.1, 0.15) is 22.1 Å². The minimum atomic E-state index is -0.838. The Morgan fingerprint density at radius 1 is 1.14 bits per heavy atom. The largest absolute Gasteiger partial charge is 0.506 e. The molecule has 29 heavy (non-hydrogen) atoms. The van der Waals surface area contributed by atoms with Crippen molar-refractivity contribution < 1.29 is 33.6 Å². The smallest absolute Gasteiger partial charge is 0.208 e. The first kappa shape index (κ1) is 17.9. The van der Waals surface area contributed by atoms with Crippen molar-refractivity contribution in [1.82, 2.24) is 0 Å². The van der Waals surface area contributed by atoms with Crippen LogP contribution in [0.3, 0.4) is 0 Å². The van der Waals surface area contributed by atoms with E-state index in [1.54, 1.807) is 0 Å². The SMILES string of the molecule is COc1c2c(c(O)c3c(=O)c4c(OC)c(O)ccc4oc13)[C@H]1CCC[C@](C)(O2)O1. The first-order chi connectivity index (χ1) is 13.9. The molecule has 8 nitrogen and oxygen atoms in total. The van der Waals surface area contributed by atoms with Crippen LogP contribution in [-0.4, -0.2) is 30.2 Å². The van der Waals surface area contributed by atoms with Gasteiger partial charge in [0.05, 0.1) is 25.9 Å². The highest BCUT2D eigenvalue weighted by Crippen LogP contribution is 2.56. The van der Waals surface area contributed by atoms with Crippen LogP contribution in [-0.2, 0) is 4.74 Å². The third kappa shape index (κ3) is 2.32. The van der Waals surface area contributed by atoms with Gasteiger partial charge in [0.25, 0.3) is 0 Å². The van der Waals surface area contributed by atoms with E-state index in [9.17, 15) is 15.0 Å². The molecule has 0 unspecified atom stereocenters. The Kier molecular flexibility index (Phi) is 3.67. The molecular formula is C21H20O8. The lowest BCUT2D eigenvalue weighted by atomic mass is 9.91. The summed E-state index contributed by atoms with van der Waals surface area (Å²) in [7, 11) is 2.79. The molecule has 3 aromatic rings. The van der Waals surface area contributed by atoms with E-state index in [0.717, 1.165) is 6.42 Å². The van der Waals surface area contributed by atoms with Crippen LogP contribution < -0.4 is 19.6 Å². The lowest BCUT2D eigenvalue weighted by molar-refractivity contribution is -0.243. The highest BCUT2D eigenvalue weighted by molar-refractivity contribution is 6.01. The van der Waals surface area contributed by atoms with Crippen LogP contribution in [0, 0.1) is 0 Å². The van der Waals surface area contributed by atoms with Crippen molar-refractivity contribution in [3.8, 4) is 28.7 Å². The number of hydrogen-bond donors (Lipinski definition) is 2. The van der Waals surface area contributed by atoms with Crippen LogP contribution in [0.15, 0.2) is 21.3 Å². The standard InChI is InChI=1S/C21H20O8/c1-21-8-4-5-11(28-21)13-16(24)14-15(23)12-10(7-6-9(22)17(12)25-2)27-18(14)20(26-3)19(13)29-21/h6-7,11,22,24H,4-5,8H2,1-3H3/t11-,21+/m1/s1. The number of hydrogen-bond acceptors (Lipinski definition) is 8. The van der Waals surface area contributed by atoms with Gasteiger partial charge in [-0.25, -0.2) is 0 Å². The molecule has 152 valence electrons. The van der Waals surface area contributed by atoms with E-state index in [4.69, 9.17) is 23.4 Å². The predicted octanol–water partition coefficient (Wildman–Crippen LogP) is 3.72. The first-order valence-electron chi connectivity index (χ1n) is 9.34. The normalized spacial score (nSPS) is 22.9. The van der Waals surface area contributed by atoms with E-state index in [0.29, 0.717) is 24.2 Å². The Balaban J connectivity index is 1.96. The number of ether oxygens (including phenoxy) is 4. The number of phenolic OH excluding ortho intramolecular Hbond substituents is 2. The fourth-order valence-electron chi connectivity index (χ4n) is 4.40. The summed E-state index contributed by atoms with van der Waals surface area (Å²) in [6.45, 7) is 1.84. The summed E-state index contributed by atoms with van der Waals surface area (Å²) in [5, 5.41) is 21.1. The molecule has 1 aromatic heterocycles. The average molecular weight is 400 g/mol. The number of methoxy groups -OCH3 is 2. The predicted molar refractivity (Wildman–Crippen MR) is 103 cm³/mol. The zero-order valence-electron chi connectivity index (χ0n) is 16.2. The monoisotopic (exact) mass is 400 g/mol. The van der Waals surface area contributed by atoms with Gasteiger partial charge in [0.15, 0.2) is 22.8 Å². The molecule has 0 spiro atoms. The van der Waals surface area contributed by atoms with Gasteiger partial charge >= 0.3 is 0 Å². The van der Waals surface area contributed by atoms with Gasteiger partial charge in [-0.2, -0.15) is 0 Å². The molecule has 5 rings (SSSR count). The Labute approximate surface area is 165 Å². The van der Waals surface area contributed by atoms with Gasteiger partial charge in [0.2, 0.25) is 17.0 Å². The Morgan fingerprint density at radius 2 is 1.90 bits per heavy atom. The second kappa shape index (κ2) is 5.93. The van der Waals surface area contributed by atoms with Gasteiger partial charge in [0, 0.05) is 13.3 Å². The second-order valence-electron chi connectivity index (χ2n) is 7.49. The molecule has 0 amide bonds. The molecule has 0 aliphatic carbocycles. The Morgan fingerprint density at radius 3 is 2.62 bits per heavy atom. The quantitative estimate of drug-likeness (QED) is 0.627. The maximum Gasteiger partial charge on any atom is 0.208 e. The molecule has 0 saturated carbocycles. The summed E-state index contributed by atoms with van der Waals surface area (Å²) in [6.07, 6.45) is 1.80. The van der Waals surface area contributed by atoms with Crippen molar-refractivity contribution in [3.63, 3.8) is 0 Å². The summed E-state index contributed by atoms with van der Waals surface area (Å²) in [5.41, 5.74) is 0.0832. The van der Waals surface area contributed by atoms with Gasteiger partial charge in [-0.15, -0.1) is 0 Å². The van der Waals surface area contributed by atoms with Crippen LogP contribution >= 0.6 is 0 Å². The fourth-order valence-corrected chi connectivity index (χ4v) is 4.40. The minimum absolute atomic E-state index is 0.0213. The molecular weight excluding hydrogens is 380 g/mol. The van der Waals surface area contributed by atoms with Crippen LogP contribution in [0.2, 0.25) is 0 Å². The van der Waals surface area contributed by atoms with Crippen LogP contribution in [0.25, 0.3) is 21.9 Å². The molecule has 2 aliphatic heterocycles. The second-order valence-corrected chi connectivity index (χ2v) is 7.49. The van der Waals surface area contributed by atoms with Crippen LogP contribution in [0.1, 0.15) is 37.9 Å². The number of rotatable bonds is 2. The van der Waals surface area contributed by atoms with Crippen molar-refractivity contribution in [2.45, 2.75) is 38.1 Å². The molecule has 2 N–H and O–H groups in total. The summed E-state index contributed by atoms with van der Waals surface area (Å²) >= 11 is 0. The topological polar surface area (TPSA) is 108 Å². The minimum Gasteiger partial charge on any atom is -0.506 e. The Bertz CT molecular complexity index is 1230. The highest BCUT2D eigenvalue weighted by atomic mass is 16.7. The van der Waals surface area contributed by atoms with Gasteiger partial charge in [-0.05, 0) is 25.0 Å². The maximum absolute atomic E-state index is 13.4. The molecule has 2 aromatic carbocycles. The number of benzene rings is 2. The first-order valence-corrected chi connectivity index (χ1v) is 9.34. The van der Waals surface area contributed by atoms with Crippen molar-refractivity contribution in [2.24, 2.45) is 0 Å². The third-order valence-corrected chi connectivity index (χ3v) is 5.68. The number of fused-ring (bicyclic) bond motifs is 6. The van der Waals surface area contributed by atoms with E-state index in [1.807, 2.05) is 6.92 Å². The summed E-state index contributed by atoms with van der Waals surface area (Å²) in [5.74, 6) is -0.789. The molecule has 2 aliphatic rings.